The summed E-state index contributed by atoms with van der Waals surface area (Å²) in [6.45, 7) is 8.83. The molecule has 0 saturated heterocycles. The van der Waals surface area contributed by atoms with E-state index in [1.165, 1.54) is 0 Å². The number of benzene rings is 2. The van der Waals surface area contributed by atoms with Crippen molar-refractivity contribution < 1.29 is 19.5 Å². The van der Waals surface area contributed by atoms with Crippen LogP contribution < -0.4 is 5.32 Å². The normalized spacial score (nSPS) is 21.8. The number of aliphatic carboxylic acids is 1. The van der Waals surface area contributed by atoms with Crippen LogP contribution in [0.25, 0.3) is 0 Å². The Labute approximate surface area is 229 Å². The summed E-state index contributed by atoms with van der Waals surface area (Å²) in [6, 6.07) is 16.0. The van der Waals surface area contributed by atoms with Gasteiger partial charge in [0.15, 0.2) is 0 Å². The van der Waals surface area contributed by atoms with Crippen LogP contribution in [-0.2, 0) is 9.59 Å². The summed E-state index contributed by atoms with van der Waals surface area (Å²) in [6.07, 6.45) is 3.30. The van der Waals surface area contributed by atoms with Gasteiger partial charge in [0, 0.05) is 17.7 Å². The van der Waals surface area contributed by atoms with Gasteiger partial charge in [-0.05, 0) is 73.8 Å². The predicted octanol–water partition coefficient (Wildman–Crippen LogP) is 5.09. The fourth-order valence-corrected chi connectivity index (χ4v) is 5.82. The Morgan fingerprint density at radius 1 is 1.18 bits per heavy atom. The van der Waals surface area contributed by atoms with Gasteiger partial charge in [0.05, 0.1) is 24.1 Å². The first kappa shape index (κ1) is 28.0. The first-order valence-electron chi connectivity index (χ1n) is 13.5. The van der Waals surface area contributed by atoms with Crippen molar-refractivity contribution in [2.45, 2.75) is 71.5 Å². The van der Waals surface area contributed by atoms with E-state index in [1.807, 2.05) is 30.0 Å². The summed E-state index contributed by atoms with van der Waals surface area (Å²) >= 11 is 0. The maximum absolute atomic E-state index is 14.0. The summed E-state index contributed by atoms with van der Waals surface area (Å²) in [7, 11) is 0. The number of carboxylic acid groups (broad SMARTS) is 1. The van der Waals surface area contributed by atoms with Crippen LogP contribution in [0.5, 0.6) is 0 Å². The quantitative estimate of drug-likeness (QED) is 0.518. The highest BCUT2D eigenvalue weighted by atomic mass is 16.4. The van der Waals surface area contributed by atoms with Gasteiger partial charge in [-0.15, -0.1) is 0 Å². The van der Waals surface area contributed by atoms with Crippen molar-refractivity contribution in [1.82, 2.24) is 10.2 Å². The van der Waals surface area contributed by atoms with E-state index in [4.69, 9.17) is 10.1 Å². The molecule has 1 atom stereocenters. The average Bonchev–Trinajstić information content (AvgIpc) is 3.18. The monoisotopic (exact) mass is 528 g/mol. The number of hydrogen-bond acceptors (Lipinski definition) is 5. The smallest absolute Gasteiger partial charge is 0.305 e. The molecular formula is C31H36N4O4. The number of hydrogen-bond donors (Lipinski definition) is 2. The standard InChI is InChI=1S/C31H36N4O4/c1-20(22-8-10-23(11-9-22)28(38)33-17-14-26(36)37)35-29(39)27(24-7-5-6-21(18-24)19-32)34-31(35)15-12-25(13-16-31)30(2,3)4/h5-11,18,20,25H,12-17H2,1-4H3,(H,33,38)(H,36,37). The lowest BCUT2D eigenvalue weighted by molar-refractivity contribution is -0.137. The summed E-state index contributed by atoms with van der Waals surface area (Å²) in [5.41, 5.74) is 2.34. The molecule has 2 aromatic carbocycles. The number of carbonyl (C=O) groups is 3. The molecule has 2 amide bonds. The van der Waals surface area contributed by atoms with E-state index in [9.17, 15) is 19.6 Å². The minimum absolute atomic E-state index is 0.0554. The second kappa shape index (κ2) is 11.0. The van der Waals surface area contributed by atoms with E-state index < -0.39 is 11.6 Å². The minimum Gasteiger partial charge on any atom is -0.481 e. The molecule has 0 bridgehead atoms. The zero-order valence-electron chi connectivity index (χ0n) is 23.0. The molecule has 2 N–H and O–H groups in total. The number of rotatable bonds is 7. The fourth-order valence-electron chi connectivity index (χ4n) is 5.82. The number of amides is 2. The van der Waals surface area contributed by atoms with Crippen molar-refractivity contribution in [1.29, 1.82) is 5.26 Å². The van der Waals surface area contributed by atoms with E-state index >= 15 is 0 Å². The molecule has 0 radical (unpaired) electrons. The van der Waals surface area contributed by atoms with Crippen molar-refractivity contribution in [3.05, 3.63) is 70.8 Å². The molecule has 2 aliphatic rings. The summed E-state index contributed by atoms with van der Waals surface area (Å²) in [5.74, 6) is -0.924. The summed E-state index contributed by atoms with van der Waals surface area (Å²) in [4.78, 5) is 44.2. The SMILES string of the molecule is CC(c1ccc(C(=O)NCCC(=O)O)cc1)N1C(=O)C(c2cccc(C#N)c2)=NC12CCC(C(C)(C)C)CC2. The Bertz CT molecular complexity index is 1330. The Hall–Kier alpha value is -3.99. The molecule has 0 aromatic heterocycles. The topological polar surface area (TPSA) is 123 Å². The van der Waals surface area contributed by atoms with Crippen LogP contribution in [0.2, 0.25) is 0 Å². The maximum Gasteiger partial charge on any atom is 0.305 e. The molecule has 8 nitrogen and oxygen atoms in total. The highest BCUT2D eigenvalue weighted by Crippen LogP contribution is 2.49. The lowest BCUT2D eigenvalue weighted by Gasteiger charge is -2.46. The first-order valence-corrected chi connectivity index (χ1v) is 13.5. The van der Waals surface area contributed by atoms with E-state index in [-0.39, 0.29) is 36.2 Å². The molecule has 1 aliphatic heterocycles. The minimum atomic E-state index is -0.971. The van der Waals surface area contributed by atoms with Gasteiger partial charge in [0.1, 0.15) is 11.4 Å². The van der Waals surface area contributed by atoms with Crippen LogP contribution in [0.4, 0.5) is 0 Å². The zero-order valence-corrected chi connectivity index (χ0v) is 23.0. The van der Waals surface area contributed by atoms with E-state index in [2.05, 4.69) is 32.2 Å². The van der Waals surface area contributed by atoms with Crippen molar-refractivity contribution >= 4 is 23.5 Å². The van der Waals surface area contributed by atoms with Gasteiger partial charge in [-0.2, -0.15) is 5.26 Å². The van der Waals surface area contributed by atoms with Crippen LogP contribution in [0.15, 0.2) is 53.5 Å². The van der Waals surface area contributed by atoms with Gasteiger partial charge >= 0.3 is 5.97 Å². The van der Waals surface area contributed by atoms with E-state index in [0.717, 1.165) is 31.2 Å². The van der Waals surface area contributed by atoms with Crippen LogP contribution in [0.1, 0.15) is 92.9 Å². The summed E-state index contributed by atoms with van der Waals surface area (Å²) < 4.78 is 0. The Balaban J connectivity index is 1.62. The van der Waals surface area contributed by atoms with Gasteiger partial charge in [0.2, 0.25) is 0 Å². The van der Waals surface area contributed by atoms with Crippen molar-refractivity contribution in [2.75, 3.05) is 6.54 Å². The third-order valence-electron chi connectivity index (χ3n) is 8.13. The van der Waals surface area contributed by atoms with Gasteiger partial charge < -0.3 is 15.3 Å². The van der Waals surface area contributed by atoms with Gasteiger partial charge in [-0.1, -0.05) is 45.0 Å². The zero-order chi connectivity index (χ0) is 28.4. The molecule has 2 aromatic rings. The highest BCUT2D eigenvalue weighted by molar-refractivity contribution is 6.46. The van der Waals surface area contributed by atoms with Crippen LogP contribution in [0.3, 0.4) is 0 Å². The molecule has 1 saturated carbocycles. The lowest BCUT2D eigenvalue weighted by atomic mass is 9.69. The number of nitrogens with one attached hydrogen (secondary N) is 1. The van der Waals surface area contributed by atoms with Crippen LogP contribution in [0, 0.1) is 22.7 Å². The number of carbonyl (C=O) groups excluding carboxylic acids is 2. The second-order valence-corrected chi connectivity index (χ2v) is 11.6. The molecule has 1 aliphatic carbocycles. The van der Waals surface area contributed by atoms with Gasteiger partial charge in [-0.25, -0.2) is 0 Å². The number of carboxylic acids is 1. The van der Waals surface area contributed by atoms with Crippen molar-refractivity contribution in [3.63, 3.8) is 0 Å². The van der Waals surface area contributed by atoms with E-state index in [1.54, 1.807) is 30.3 Å². The molecule has 39 heavy (non-hydrogen) atoms. The van der Waals surface area contributed by atoms with Gasteiger partial charge in [-0.3, -0.25) is 19.4 Å². The van der Waals surface area contributed by atoms with Gasteiger partial charge in [0.25, 0.3) is 11.8 Å². The Morgan fingerprint density at radius 3 is 2.44 bits per heavy atom. The largest absolute Gasteiger partial charge is 0.481 e. The first-order chi connectivity index (χ1) is 18.4. The van der Waals surface area contributed by atoms with Crippen LogP contribution in [-0.4, -0.2) is 45.7 Å². The number of nitriles is 1. The maximum atomic E-state index is 14.0. The molecule has 1 unspecified atom stereocenters. The van der Waals surface area contributed by atoms with Crippen molar-refractivity contribution in [3.8, 4) is 6.07 Å². The molecule has 8 heteroatoms. The Morgan fingerprint density at radius 2 is 1.85 bits per heavy atom. The second-order valence-electron chi connectivity index (χ2n) is 11.6. The third kappa shape index (κ3) is 5.88. The van der Waals surface area contributed by atoms with Crippen LogP contribution >= 0.6 is 0 Å². The molecular weight excluding hydrogens is 492 g/mol. The third-order valence-corrected chi connectivity index (χ3v) is 8.13. The lowest BCUT2D eigenvalue weighted by Crippen LogP contribution is -2.50. The summed E-state index contributed by atoms with van der Waals surface area (Å²) in [5, 5.41) is 20.8. The highest BCUT2D eigenvalue weighted by Gasteiger charge is 2.51. The molecule has 1 spiro atoms. The molecule has 1 fully saturated rings. The fraction of sp³-hybridized carbons (Fsp3) is 0.452. The number of nitrogens with zero attached hydrogens (tertiary/aromatic N) is 3. The average molecular weight is 529 g/mol. The molecule has 204 valence electrons. The number of aliphatic imine (C=N–C) groups is 1. The molecule has 4 rings (SSSR count). The van der Waals surface area contributed by atoms with E-state index in [0.29, 0.717) is 28.3 Å². The Kier molecular flexibility index (Phi) is 7.91. The van der Waals surface area contributed by atoms with Crippen molar-refractivity contribution in [2.24, 2.45) is 16.3 Å². The molecule has 1 heterocycles. The predicted molar refractivity (Wildman–Crippen MR) is 148 cm³/mol.